The number of carboxylic acids is 1. The first-order valence-electron chi connectivity index (χ1n) is 7.79. The predicted octanol–water partition coefficient (Wildman–Crippen LogP) is 1.73. The number of rotatable bonds is 5. The van der Waals surface area contributed by atoms with Crippen LogP contribution in [0.3, 0.4) is 0 Å². The normalized spacial score (nSPS) is 17.9. The number of carbonyl (C=O) groups is 2. The molecule has 1 aliphatic rings. The van der Waals surface area contributed by atoms with Crippen molar-refractivity contribution >= 4 is 17.6 Å². The van der Waals surface area contributed by atoms with Gasteiger partial charge in [-0.2, -0.15) is 13.2 Å². The van der Waals surface area contributed by atoms with Gasteiger partial charge in [0, 0.05) is 31.9 Å². The van der Waals surface area contributed by atoms with Gasteiger partial charge in [0.25, 0.3) is 0 Å². The molecule has 138 valence electrons. The lowest BCUT2D eigenvalue weighted by Gasteiger charge is -2.35. The molecule has 9 heteroatoms. The zero-order chi connectivity index (χ0) is 18.6. The summed E-state index contributed by atoms with van der Waals surface area (Å²) in [5.74, 6) is -1.76. The number of likely N-dealkylation sites (N-methyl/N-ethyl adjacent to an activating group) is 1. The van der Waals surface area contributed by atoms with Crippen LogP contribution < -0.4 is 5.32 Å². The highest BCUT2D eigenvalue weighted by Gasteiger charge is 2.32. The van der Waals surface area contributed by atoms with Gasteiger partial charge in [0.2, 0.25) is 5.91 Å². The molecule has 0 aliphatic carbocycles. The van der Waals surface area contributed by atoms with E-state index in [1.54, 1.807) is 4.90 Å². The third-order valence-corrected chi connectivity index (χ3v) is 4.12. The molecule has 1 fully saturated rings. The fraction of sp³-hybridized carbons (Fsp3) is 0.500. The minimum Gasteiger partial charge on any atom is -0.480 e. The second-order valence-corrected chi connectivity index (χ2v) is 6.02. The first-order valence-corrected chi connectivity index (χ1v) is 7.79. The van der Waals surface area contributed by atoms with Gasteiger partial charge in [0.1, 0.15) is 6.04 Å². The van der Waals surface area contributed by atoms with Crippen LogP contribution in [0.2, 0.25) is 0 Å². The lowest BCUT2D eigenvalue weighted by Crippen LogP contribution is -2.52. The fourth-order valence-corrected chi connectivity index (χ4v) is 2.67. The van der Waals surface area contributed by atoms with Crippen molar-refractivity contribution in [3.8, 4) is 0 Å². The van der Waals surface area contributed by atoms with Crippen molar-refractivity contribution in [3.05, 3.63) is 29.8 Å². The van der Waals surface area contributed by atoms with Gasteiger partial charge in [-0.05, 0) is 25.2 Å². The fourth-order valence-electron chi connectivity index (χ4n) is 2.67. The zero-order valence-electron chi connectivity index (χ0n) is 13.7. The smallest absolute Gasteiger partial charge is 0.416 e. The number of nitrogens with zero attached hydrogens (tertiary/aromatic N) is 2. The Hall–Kier alpha value is -2.13. The second-order valence-electron chi connectivity index (χ2n) is 6.02. The van der Waals surface area contributed by atoms with E-state index in [1.807, 2.05) is 7.05 Å². The molecule has 2 rings (SSSR count). The summed E-state index contributed by atoms with van der Waals surface area (Å²) in [6, 6.07) is 3.25. The average molecular weight is 359 g/mol. The molecule has 0 aromatic heterocycles. The lowest BCUT2D eigenvalue weighted by atomic mass is 10.1. The van der Waals surface area contributed by atoms with Crippen LogP contribution in [0.1, 0.15) is 12.0 Å². The number of hydrogen-bond acceptors (Lipinski definition) is 4. The standard InChI is InChI=1S/C16H20F3N3O3/c1-21-5-7-22(8-6-21)13(15(24)25)10-14(23)20-12-4-2-3-11(9-12)16(17,18)19/h2-4,9,13H,5-8,10H2,1H3,(H,20,23)(H,24,25). The average Bonchev–Trinajstić information content (AvgIpc) is 2.53. The van der Waals surface area contributed by atoms with Crippen molar-refractivity contribution in [2.75, 3.05) is 38.5 Å². The molecule has 1 saturated heterocycles. The van der Waals surface area contributed by atoms with E-state index in [0.717, 1.165) is 12.1 Å². The summed E-state index contributed by atoms with van der Waals surface area (Å²) in [5, 5.41) is 11.7. The number of hydrogen-bond donors (Lipinski definition) is 2. The Bertz CT molecular complexity index is 629. The van der Waals surface area contributed by atoms with Crippen LogP contribution in [0.25, 0.3) is 0 Å². The third-order valence-electron chi connectivity index (χ3n) is 4.12. The Balaban J connectivity index is 2.01. The van der Waals surface area contributed by atoms with Crippen molar-refractivity contribution in [2.24, 2.45) is 0 Å². The highest BCUT2D eigenvalue weighted by atomic mass is 19.4. The van der Waals surface area contributed by atoms with Crippen LogP contribution >= 0.6 is 0 Å². The number of amides is 1. The van der Waals surface area contributed by atoms with E-state index < -0.39 is 29.7 Å². The van der Waals surface area contributed by atoms with E-state index in [1.165, 1.54) is 12.1 Å². The topological polar surface area (TPSA) is 72.9 Å². The molecule has 1 amide bonds. The second kappa shape index (κ2) is 7.83. The number of aliphatic carboxylic acids is 1. The minimum absolute atomic E-state index is 0.0117. The van der Waals surface area contributed by atoms with E-state index in [9.17, 15) is 27.9 Å². The molecule has 0 spiro atoms. The SMILES string of the molecule is CN1CCN(C(CC(=O)Nc2cccc(C(F)(F)F)c2)C(=O)O)CC1. The van der Waals surface area contributed by atoms with Gasteiger partial charge in [-0.25, -0.2) is 0 Å². The van der Waals surface area contributed by atoms with Gasteiger partial charge in [-0.15, -0.1) is 0 Å². The molecule has 2 N–H and O–H groups in total. The molecule has 0 radical (unpaired) electrons. The number of nitrogens with one attached hydrogen (secondary N) is 1. The summed E-state index contributed by atoms with van der Waals surface area (Å²) in [6.45, 7) is 2.42. The Kier molecular flexibility index (Phi) is 6.02. The molecule has 6 nitrogen and oxygen atoms in total. The van der Waals surface area contributed by atoms with Crippen molar-refractivity contribution < 1.29 is 27.9 Å². The predicted molar refractivity (Wildman–Crippen MR) is 85.2 cm³/mol. The summed E-state index contributed by atoms with van der Waals surface area (Å²) in [6.07, 6.45) is -4.83. The first kappa shape index (κ1) is 19.2. The third kappa shape index (κ3) is 5.43. The van der Waals surface area contributed by atoms with Gasteiger partial charge in [0.05, 0.1) is 12.0 Å². The number of carboxylic acid groups (broad SMARTS) is 1. The largest absolute Gasteiger partial charge is 0.480 e. The Morgan fingerprint density at radius 2 is 1.88 bits per heavy atom. The number of halogens is 3. The van der Waals surface area contributed by atoms with Gasteiger partial charge >= 0.3 is 12.1 Å². The van der Waals surface area contributed by atoms with Crippen molar-refractivity contribution in [1.82, 2.24) is 9.80 Å². The molecular weight excluding hydrogens is 339 g/mol. The molecular formula is C16H20F3N3O3. The minimum atomic E-state index is -4.51. The van der Waals surface area contributed by atoms with Gasteiger partial charge in [-0.1, -0.05) is 6.07 Å². The van der Waals surface area contributed by atoms with Crippen molar-refractivity contribution in [3.63, 3.8) is 0 Å². The molecule has 1 aromatic rings. The van der Waals surface area contributed by atoms with Crippen LogP contribution in [-0.4, -0.2) is 66.1 Å². The van der Waals surface area contributed by atoms with E-state index >= 15 is 0 Å². The van der Waals surface area contributed by atoms with Crippen LogP contribution in [0.4, 0.5) is 18.9 Å². The zero-order valence-corrected chi connectivity index (χ0v) is 13.7. The molecule has 25 heavy (non-hydrogen) atoms. The quantitative estimate of drug-likeness (QED) is 0.838. The Labute approximate surface area is 143 Å². The molecule has 1 atom stereocenters. The molecule has 1 unspecified atom stereocenters. The summed E-state index contributed by atoms with van der Waals surface area (Å²) >= 11 is 0. The highest BCUT2D eigenvalue weighted by molar-refractivity contribution is 5.94. The van der Waals surface area contributed by atoms with Crippen LogP contribution in [0, 0.1) is 0 Å². The maximum Gasteiger partial charge on any atom is 0.416 e. The lowest BCUT2D eigenvalue weighted by molar-refractivity contribution is -0.145. The molecule has 1 aromatic carbocycles. The maximum atomic E-state index is 12.7. The van der Waals surface area contributed by atoms with Gasteiger partial charge < -0.3 is 15.3 Å². The van der Waals surface area contributed by atoms with E-state index in [-0.39, 0.29) is 12.1 Å². The molecule has 1 aliphatic heterocycles. The molecule has 0 saturated carbocycles. The van der Waals surface area contributed by atoms with Gasteiger partial charge in [-0.3, -0.25) is 14.5 Å². The summed E-state index contributed by atoms with van der Waals surface area (Å²) in [7, 11) is 1.92. The van der Waals surface area contributed by atoms with Gasteiger partial charge in [0.15, 0.2) is 0 Å². The molecule has 0 bridgehead atoms. The number of piperazine rings is 1. The number of alkyl halides is 3. The van der Waals surface area contributed by atoms with E-state index in [2.05, 4.69) is 10.2 Å². The first-order chi connectivity index (χ1) is 11.7. The van der Waals surface area contributed by atoms with E-state index in [4.69, 9.17) is 0 Å². The molecule has 1 heterocycles. The van der Waals surface area contributed by atoms with Crippen LogP contribution in [0.15, 0.2) is 24.3 Å². The number of benzene rings is 1. The Morgan fingerprint density at radius 3 is 2.44 bits per heavy atom. The Morgan fingerprint density at radius 1 is 1.24 bits per heavy atom. The van der Waals surface area contributed by atoms with Crippen LogP contribution in [-0.2, 0) is 15.8 Å². The van der Waals surface area contributed by atoms with Crippen molar-refractivity contribution in [1.29, 1.82) is 0 Å². The van der Waals surface area contributed by atoms with E-state index in [0.29, 0.717) is 26.2 Å². The van der Waals surface area contributed by atoms with Crippen LogP contribution in [0.5, 0.6) is 0 Å². The summed E-state index contributed by atoms with van der Waals surface area (Å²) < 4.78 is 38.1. The summed E-state index contributed by atoms with van der Waals surface area (Å²) in [4.78, 5) is 27.3. The highest BCUT2D eigenvalue weighted by Crippen LogP contribution is 2.30. The monoisotopic (exact) mass is 359 g/mol. The number of carbonyl (C=O) groups excluding carboxylic acids is 1. The summed E-state index contributed by atoms with van der Waals surface area (Å²) in [5.41, 5.74) is -0.888. The number of anilines is 1. The van der Waals surface area contributed by atoms with Crippen molar-refractivity contribution in [2.45, 2.75) is 18.6 Å². The maximum absolute atomic E-state index is 12.7.